The van der Waals surface area contributed by atoms with E-state index in [2.05, 4.69) is 10.4 Å². The van der Waals surface area contributed by atoms with Gasteiger partial charge in [0.15, 0.2) is 5.82 Å². The summed E-state index contributed by atoms with van der Waals surface area (Å²) in [6.07, 6.45) is 1.11. The highest BCUT2D eigenvalue weighted by molar-refractivity contribution is 6.00. The first kappa shape index (κ1) is 16.4. The SMILES string of the molecule is CCOC(=O)c1cn(C)nc1NC(=O)C1CCC(F)(F)CC1. The largest absolute Gasteiger partial charge is 0.462 e. The summed E-state index contributed by atoms with van der Waals surface area (Å²) in [5.74, 6) is -4.04. The number of halogens is 2. The smallest absolute Gasteiger partial charge is 0.343 e. The number of nitrogens with zero attached hydrogens (tertiary/aromatic N) is 2. The highest BCUT2D eigenvalue weighted by Crippen LogP contribution is 2.36. The molecule has 1 N–H and O–H groups in total. The van der Waals surface area contributed by atoms with Crippen LogP contribution in [0.2, 0.25) is 0 Å². The van der Waals surface area contributed by atoms with E-state index in [1.807, 2.05) is 0 Å². The summed E-state index contributed by atoms with van der Waals surface area (Å²) in [6.45, 7) is 1.88. The minimum atomic E-state index is -2.68. The summed E-state index contributed by atoms with van der Waals surface area (Å²) in [5.41, 5.74) is 0.152. The van der Waals surface area contributed by atoms with Crippen molar-refractivity contribution in [3.05, 3.63) is 11.8 Å². The van der Waals surface area contributed by atoms with Crippen molar-refractivity contribution < 1.29 is 23.1 Å². The molecule has 0 atom stereocenters. The van der Waals surface area contributed by atoms with E-state index in [9.17, 15) is 18.4 Å². The number of esters is 1. The molecule has 2 rings (SSSR count). The Kier molecular flexibility index (Phi) is 4.77. The number of ether oxygens (including phenoxy) is 1. The lowest BCUT2D eigenvalue weighted by Crippen LogP contribution is -2.32. The third-order valence-corrected chi connectivity index (χ3v) is 3.65. The van der Waals surface area contributed by atoms with E-state index in [0.717, 1.165) is 0 Å². The number of amides is 1. The molecule has 1 amide bonds. The number of alkyl halides is 2. The second kappa shape index (κ2) is 6.41. The van der Waals surface area contributed by atoms with Crippen molar-refractivity contribution in [1.82, 2.24) is 9.78 Å². The number of anilines is 1. The molecule has 1 aliphatic rings. The molecule has 0 aromatic carbocycles. The van der Waals surface area contributed by atoms with Crippen molar-refractivity contribution in [2.75, 3.05) is 11.9 Å². The number of hydrogen-bond donors (Lipinski definition) is 1. The molecule has 122 valence electrons. The van der Waals surface area contributed by atoms with Gasteiger partial charge in [0, 0.05) is 32.0 Å². The molecule has 0 saturated heterocycles. The maximum Gasteiger partial charge on any atom is 0.343 e. The highest BCUT2D eigenvalue weighted by atomic mass is 19.3. The van der Waals surface area contributed by atoms with E-state index in [0.29, 0.717) is 0 Å². The minimum absolute atomic E-state index is 0.100. The molecule has 0 bridgehead atoms. The third kappa shape index (κ3) is 3.80. The van der Waals surface area contributed by atoms with Gasteiger partial charge in [-0.15, -0.1) is 0 Å². The third-order valence-electron chi connectivity index (χ3n) is 3.65. The fourth-order valence-corrected chi connectivity index (χ4v) is 2.46. The summed E-state index contributed by atoms with van der Waals surface area (Å²) in [7, 11) is 1.61. The summed E-state index contributed by atoms with van der Waals surface area (Å²) < 4.78 is 32.5. The topological polar surface area (TPSA) is 73.2 Å². The molecule has 0 unspecified atom stereocenters. The monoisotopic (exact) mass is 315 g/mol. The Labute approximate surface area is 126 Å². The Morgan fingerprint density at radius 1 is 1.45 bits per heavy atom. The van der Waals surface area contributed by atoms with Crippen molar-refractivity contribution in [2.24, 2.45) is 13.0 Å². The van der Waals surface area contributed by atoms with Gasteiger partial charge in [0.25, 0.3) is 0 Å². The van der Waals surface area contributed by atoms with Crippen molar-refractivity contribution >= 4 is 17.7 Å². The van der Waals surface area contributed by atoms with Gasteiger partial charge in [-0.3, -0.25) is 9.48 Å². The van der Waals surface area contributed by atoms with Crippen LogP contribution in [-0.4, -0.2) is 34.2 Å². The van der Waals surface area contributed by atoms with Gasteiger partial charge in [-0.2, -0.15) is 5.10 Å². The second-order valence-corrected chi connectivity index (χ2v) is 5.40. The molecular formula is C14H19F2N3O3. The summed E-state index contributed by atoms with van der Waals surface area (Å²) in [4.78, 5) is 24.0. The van der Waals surface area contributed by atoms with Crippen molar-refractivity contribution in [3.8, 4) is 0 Å². The first-order valence-corrected chi connectivity index (χ1v) is 7.22. The average molecular weight is 315 g/mol. The summed E-state index contributed by atoms with van der Waals surface area (Å²) in [5, 5.41) is 6.56. The Morgan fingerprint density at radius 2 is 2.09 bits per heavy atom. The van der Waals surface area contributed by atoms with Gasteiger partial charge in [-0.1, -0.05) is 0 Å². The standard InChI is InChI=1S/C14H19F2N3O3/c1-3-22-13(21)10-8-19(2)18-11(10)17-12(20)9-4-6-14(15,16)7-5-9/h8-9H,3-7H2,1-2H3,(H,17,18,20). The van der Waals surface area contributed by atoms with Crippen molar-refractivity contribution in [2.45, 2.75) is 38.5 Å². The maximum absolute atomic E-state index is 13.1. The normalized spacial score (nSPS) is 18.0. The first-order chi connectivity index (χ1) is 10.3. The van der Waals surface area contributed by atoms with E-state index < -0.39 is 17.8 Å². The van der Waals surface area contributed by atoms with E-state index in [-0.39, 0.29) is 49.6 Å². The maximum atomic E-state index is 13.1. The van der Waals surface area contributed by atoms with Crippen LogP contribution >= 0.6 is 0 Å². The number of hydrogen-bond acceptors (Lipinski definition) is 4. The van der Waals surface area contributed by atoms with Crippen LogP contribution in [0.3, 0.4) is 0 Å². The molecule has 0 radical (unpaired) electrons. The number of carbonyl (C=O) groups is 2. The predicted octanol–water partition coefficient (Wildman–Crippen LogP) is 2.36. The van der Waals surface area contributed by atoms with Gasteiger partial charge in [0.1, 0.15) is 5.56 Å². The van der Waals surface area contributed by atoms with Gasteiger partial charge in [0.2, 0.25) is 11.8 Å². The Morgan fingerprint density at radius 3 is 2.68 bits per heavy atom. The van der Waals surface area contributed by atoms with Gasteiger partial charge in [-0.05, 0) is 19.8 Å². The lowest BCUT2D eigenvalue weighted by molar-refractivity contribution is -0.124. The summed E-state index contributed by atoms with van der Waals surface area (Å²) in [6, 6.07) is 0. The molecule has 1 heterocycles. The molecule has 1 saturated carbocycles. The number of carbonyl (C=O) groups excluding carboxylic acids is 2. The molecule has 22 heavy (non-hydrogen) atoms. The van der Waals surface area contributed by atoms with Gasteiger partial charge >= 0.3 is 5.97 Å². The first-order valence-electron chi connectivity index (χ1n) is 7.22. The molecule has 1 aliphatic carbocycles. The number of aryl methyl sites for hydroxylation is 1. The second-order valence-electron chi connectivity index (χ2n) is 5.40. The van der Waals surface area contributed by atoms with Crippen LogP contribution in [0.1, 0.15) is 43.0 Å². The Hall–Kier alpha value is -1.99. The van der Waals surface area contributed by atoms with Crippen molar-refractivity contribution in [3.63, 3.8) is 0 Å². The molecule has 1 aromatic rings. The predicted molar refractivity (Wildman–Crippen MR) is 74.7 cm³/mol. The van der Waals surface area contributed by atoms with Crippen LogP contribution in [0.25, 0.3) is 0 Å². The van der Waals surface area contributed by atoms with E-state index in [4.69, 9.17) is 4.74 Å². The van der Waals surface area contributed by atoms with E-state index in [1.165, 1.54) is 10.9 Å². The molecule has 1 fully saturated rings. The van der Waals surface area contributed by atoms with Crippen LogP contribution in [-0.2, 0) is 16.6 Å². The Bertz CT molecular complexity index is 562. The van der Waals surface area contributed by atoms with Crippen LogP contribution in [0.4, 0.5) is 14.6 Å². The molecule has 6 nitrogen and oxygen atoms in total. The summed E-state index contributed by atoms with van der Waals surface area (Å²) >= 11 is 0. The fourth-order valence-electron chi connectivity index (χ4n) is 2.46. The lowest BCUT2D eigenvalue weighted by atomic mass is 9.86. The zero-order valence-electron chi connectivity index (χ0n) is 12.6. The average Bonchev–Trinajstić information content (AvgIpc) is 2.79. The molecule has 1 aromatic heterocycles. The highest BCUT2D eigenvalue weighted by Gasteiger charge is 2.37. The fraction of sp³-hybridized carbons (Fsp3) is 0.643. The van der Waals surface area contributed by atoms with Crippen LogP contribution < -0.4 is 5.32 Å². The van der Waals surface area contributed by atoms with Crippen LogP contribution in [0.5, 0.6) is 0 Å². The van der Waals surface area contributed by atoms with Gasteiger partial charge < -0.3 is 10.1 Å². The minimum Gasteiger partial charge on any atom is -0.462 e. The van der Waals surface area contributed by atoms with Crippen LogP contribution in [0, 0.1) is 5.92 Å². The van der Waals surface area contributed by atoms with Crippen LogP contribution in [0.15, 0.2) is 6.20 Å². The number of rotatable bonds is 4. The number of nitrogens with one attached hydrogen (secondary N) is 1. The zero-order chi connectivity index (χ0) is 16.3. The van der Waals surface area contributed by atoms with E-state index in [1.54, 1.807) is 14.0 Å². The Balaban J connectivity index is 2.04. The number of aromatic nitrogens is 2. The zero-order valence-corrected chi connectivity index (χ0v) is 12.6. The molecule has 0 aliphatic heterocycles. The molecular weight excluding hydrogens is 296 g/mol. The van der Waals surface area contributed by atoms with Gasteiger partial charge in [0.05, 0.1) is 6.61 Å². The molecule has 8 heteroatoms. The van der Waals surface area contributed by atoms with Gasteiger partial charge in [-0.25, -0.2) is 13.6 Å². The lowest BCUT2D eigenvalue weighted by Gasteiger charge is -2.27. The quantitative estimate of drug-likeness (QED) is 0.866. The van der Waals surface area contributed by atoms with Crippen molar-refractivity contribution in [1.29, 1.82) is 0 Å². The van der Waals surface area contributed by atoms with E-state index >= 15 is 0 Å². The molecule has 0 spiro atoms.